The number of carbonyl (C=O) groups excluding carboxylic acids is 1. The Balaban J connectivity index is 2.28. The number of aryl methyl sites for hydroxylation is 1. The molecule has 0 radical (unpaired) electrons. The first kappa shape index (κ1) is 14.6. The number of carbonyl (C=O) groups is 1. The number of rotatable bonds is 2. The number of hydrogen-bond acceptors (Lipinski definition) is 3. The molecular weight excluding hydrogens is 286 g/mol. The summed E-state index contributed by atoms with van der Waals surface area (Å²) in [7, 11) is 0. The molecular formula is C16H10ClN3O. The summed E-state index contributed by atoms with van der Waals surface area (Å²) in [6, 6.07) is 13.4. The van der Waals surface area contributed by atoms with Crippen LogP contribution < -0.4 is 5.32 Å². The number of amides is 1. The summed E-state index contributed by atoms with van der Waals surface area (Å²) >= 11 is 5.86. The molecule has 0 fully saturated rings. The van der Waals surface area contributed by atoms with Crippen LogP contribution in [-0.2, 0) is 0 Å². The number of halogens is 1. The summed E-state index contributed by atoms with van der Waals surface area (Å²) in [5.41, 5.74) is 2.22. The predicted octanol–water partition coefficient (Wildman–Crippen LogP) is 3.64. The summed E-state index contributed by atoms with van der Waals surface area (Å²) in [5, 5.41) is 21.1. The second kappa shape index (κ2) is 6.09. The molecule has 0 unspecified atom stereocenters. The summed E-state index contributed by atoms with van der Waals surface area (Å²) in [4.78, 5) is 12.2. The second-order valence-electron chi connectivity index (χ2n) is 4.40. The Kier molecular flexibility index (Phi) is 4.23. The van der Waals surface area contributed by atoms with Crippen LogP contribution in [0.25, 0.3) is 0 Å². The van der Waals surface area contributed by atoms with Crippen molar-refractivity contribution in [3.63, 3.8) is 0 Å². The van der Waals surface area contributed by atoms with Gasteiger partial charge in [-0.2, -0.15) is 10.5 Å². The lowest BCUT2D eigenvalue weighted by molar-refractivity contribution is 0.102. The topological polar surface area (TPSA) is 76.7 Å². The molecule has 0 aliphatic carbocycles. The first-order chi connectivity index (χ1) is 10.0. The molecule has 5 heteroatoms. The van der Waals surface area contributed by atoms with Crippen molar-refractivity contribution >= 4 is 23.2 Å². The van der Waals surface area contributed by atoms with E-state index in [1.54, 1.807) is 31.2 Å². The van der Waals surface area contributed by atoms with Crippen LogP contribution in [0.15, 0.2) is 36.4 Å². The lowest BCUT2D eigenvalue weighted by Gasteiger charge is -2.08. The second-order valence-corrected chi connectivity index (χ2v) is 4.83. The minimum atomic E-state index is -0.294. The molecule has 2 aromatic carbocycles. The fraction of sp³-hybridized carbons (Fsp3) is 0.0625. The van der Waals surface area contributed by atoms with E-state index in [2.05, 4.69) is 5.32 Å². The van der Waals surface area contributed by atoms with Crippen molar-refractivity contribution in [2.45, 2.75) is 6.92 Å². The molecule has 1 N–H and O–H groups in total. The van der Waals surface area contributed by atoms with Gasteiger partial charge in [0.2, 0.25) is 0 Å². The van der Waals surface area contributed by atoms with Crippen LogP contribution in [0.5, 0.6) is 0 Å². The van der Waals surface area contributed by atoms with Gasteiger partial charge in [-0.15, -0.1) is 0 Å². The number of nitriles is 2. The van der Waals surface area contributed by atoms with Crippen LogP contribution in [0.4, 0.5) is 5.69 Å². The molecule has 0 saturated heterocycles. The van der Waals surface area contributed by atoms with Crippen molar-refractivity contribution in [2.24, 2.45) is 0 Å². The van der Waals surface area contributed by atoms with Gasteiger partial charge in [-0.05, 0) is 48.9 Å². The number of anilines is 1. The van der Waals surface area contributed by atoms with Gasteiger partial charge in [-0.25, -0.2) is 0 Å². The molecule has 0 aliphatic rings. The fourth-order valence-corrected chi connectivity index (χ4v) is 2.12. The van der Waals surface area contributed by atoms with Crippen molar-refractivity contribution in [3.8, 4) is 12.1 Å². The maximum absolute atomic E-state index is 12.2. The number of nitrogens with zero attached hydrogens (tertiary/aromatic N) is 2. The zero-order chi connectivity index (χ0) is 15.4. The summed E-state index contributed by atoms with van der Waals surface area (Å²) in [6.07, 6.45) is 0. The zero-order valence-corrected chi connectivity index (χ0v) is 11.9. The van der Waals surface area contributed by atoms with Gasteiger partial charge in [0.15, 0.2) is 0 Å². The first-order valence-electron chi connectivity index (χ1n) is 6.07. The van der Waals surface area contributed by atoms with E-state index < -0.39 is 0 Å². The van der Waals surface area contributed by atoms with E-state index in [1.807, 2.05) is 12.1 Å². The fourth-order valence-electron chi connectivity index (χ4n) is 1.89. The largest absolute Gasteiger partial charge is 0.322 e. The molecule has 0 aromatic heterocycles. The lowest BCUT2D eigenvalue weighted by atomic mass is 10.1. The van der Waals surface area contributed by atoms with Crippen molar-refractivity contribution < 1.29 is 4.79 Å². The molecule has 4 nitrogen and oxygen atoms in total. The predicted molar refractivity (Wildman–Crippen MR) is 80.0 cm³/mol. The van der Waals surface area contributed by atoms with Crippen LogP contribution >= 0.6 is 11.6 Å². The first-order valence-corrected chi connectivity index (χ1v) is 6.44. The highest BCUT2D eigenvalue weighted by Gasteiger charge is 2.11. The highest BCUT2D eigenvalue weighted by molar-refractivity contribution is 6.30. The molecule has 21 heavy (non-hydrogen) atoms. The average molecular weight is 296 g/mol. The van der Waals surface area contributed by atoms with E-state index in [-0.39, 0.29) is 17.0 Å². The summed E-state index contributed by atoms with van der Waals surface area (Å²) in [6.45, 7) is 1.79. The molecule has 2 rings (SSSR count). The Bertz CT molecular complexity index is 800. The smallest absolute Gasteiger partial charge is 0.255 e. The van der Waals surface area contributed by atoms with Crippen molar-refractivity contribution in [1.29, 1.82) is 10.5 Å². The Morgan fingerprint density at radius 1 is 1.10 bits per heavy atom. The van der Waals surface area contributed by atoms with Gasteiger partial charge in [0.1, 0.15) is 12.1 Å². The number of hydrogen-bond donors (Lipinski definition) is 1. The molecule has 0 heterocycles. The van der Waals surface area contributed by atoms with Gasteiger partial charge in [0.05, 0.1) is 11.1 Å². The van der Waals surface area contributed by atoms with Gasteiger partial charge in [0, 0.05) is 16.3 Å². The van der Waals surface area contributed by atoms with E-state index >= 15 is 0 Å². The highest BCUT2D eigenvalue weighted by Crippen LogP contribution is 2.19. The van der Waals surface area contributed by atoms with Crippen LogP contribution in [0, 0.1) is 29.6 Å². The summed E-state index contributed by atoms with van der Waals surface area (Å²) in [5.74, 6) is -0.294. The van der Waals surface area contributed by atoms with E-state index in [4.69, 9.17) is 22.1 Å². The van der Waals surface area contributed by atoms with Crippen molar-refractivity contribution in [2.75, 3.05) is 5.32 Å². The van der Waals surface area contributed by atoms with Gasteiger partial charge in [0.25, 0.3) is 5.91 Å². The van der Waals surface area contributed by atoms with E-state index in [9.17, 15) is 4.79 Å². The van der Waals surface area contributed by atoms with Gasteiger partial charge < -0.3 is 5.32 Å². The van der Waals surface area contributed by atoms with Crippen molar-refractivity contribution in [1.82, 2.24) is 0 Å². The van der Waals surface area contributed by atoms with Gasteiger partial charge >= 0.3 is 0 Å². The van der Waals surface area contributed by atoms with Crippen LogP contribution in [0.3, 0.4) is 0 Å². The van der Waals surface area contributed by atoms with E-state index in [1.165, 1.54) is 12.1 Å². The Morgan fingerprint density at radius 3 is 2.43 bits per heavy atom. The molecule has 0 saturated carbocycles. The Morgan fingerprint density at radius 2 is 1.81 bits per heavy atom. The van der Waals surface area contributed by atoms with Crippen LogP contribution in [-0.4, -0.2) is 5.91 Å². The maximum Gasteiger partial charge on any atom is 0.255 e. The third-order valence-electron chi connectivity index (χ3n) is 2.95. The van der Waals surface area contributed by atoms with Gasteiger partial charge in [-0.1, -0.05) is 11.6 Å². The molecule has 2 aromatic rings. The number of nitrogens with one attached hydrogen (secondary N) is 1. The zero-order valence-electron chi connectivity index (χ0n) is 11.1. The SMILES string of the molecule is Cc1cc(Cl)ccc1C(=O)Nc1ccc(C#N)c(C#N)c1. The average Bonchev–Trinajstić information content (AvgIpc) is 2.46. The van der Waals surface area contributed by atoms with Gasteiger partial charge in [-0.3, -0.25) is 4.79 Å². The molecule has 1 amide bonds. The van der Waals surface area contributed by atoms with Crippen LogP contribution in [0.2, 0.25) is 5.02 Å². The standard InChI is InChI=1S/C16H10ClN3O/c1-10-6-13(17)3-5-15(10)16(21)20-14-4-2-11(8-18)12(7-14)9-19/h2-7H,1H3,(H,20,21). The lowest BCUT2D eigenvalue weighted by Crippen LogP contribution is -2.13. The Hall–Kier alpha value is -2.82. The minimum absolute atomic E-state index is 0.225. The quantitative estimate of drug-likeness (QED) is 0.918. The number of benzene rings is 2. The third kappa shape index (κ3) is 3.20. The van der Waals surface area contributed by atoms with Crippen molar-refractivity contribution in [3.05, 3.63) is 63.7 Å². The maximum atomic E-state index is 12.2. The van der Waals surface area contributed by atoms with E-state index in [0.717, 1.165) is 5.56 Å². The van der Waals surface area contributed by atoms with E-state index in [0.29, 0.717) is 16.3 Å². The summed E-state index contributed by atoms with van der Waals surface area (Å²) < 4.78 is 0. The van der Waals surface area contributed by atoms with Crippen LogP contribution in [0.1, 0.15) is 27.0 Å². The molecule has 0 aliphatic heterocycles. The molecule has 0 atom stereocenters. The third-order valence-corrected chi connectivity index (χ3v) is 3.19. The monoisotopic (exact) mass is 295 g/mol. The molecule has 102 valence electrons. The molecule has 0 bridgehead atoms. The Labute approximate surface area is 127 Å². The minimum Gasteiger partial charge on any atom is -0.322 e. The highest BCUT2D eigenvalue weighted by atomic mass is 35.5. The molecule has 0 spiro atoms. The normalized spacial score (nSPS) is 9.52.